The van der Waals surface area contributed by atoms with Gasteiger partial charge in [0.25, 0.3) is 0 Å². The lowest BCUT2D eigenvalue weighted by molar-refractivity contribution is -0.136. The number of carbonyl (C=O) groups excluding carboxylic acids is 1. The molecule has 3 aromatic rings. The van der Waals surface area contributed by atoms with Gasteiger partial charge in [0, 0.05) is 27.6 Å². The van der Waals surface area contributed by atoms with Crippen molar-refractivity contribution in [1.82, 2.24) is 0 Å². The zero-order valence-corrected chi connectivity index (χ0v) is 17.8. The molecule has 0 spiro atoms. The topological polar surface area (TPSA) is 65.7 Å². The van der Waals surface area contributed by atoms with E-state index >= 15 is 0 Å². The molecule has 1 heterocycles. The van der Waals surface area contributed by atoms with Crippen LogP contribution in [0.15, 0.2) is 56.1 Å². The quantitative estimate of drug-likeness (QED) is 0.316. The van der Waals surface area contributed by atoms with Crippen LogP contribution >= 0.6 is 15.9 Å². The summed E-state index contributed by atoms with van der Waals surface area (Å²) in [5, 5.41) is 0.792. The standard InChI is InChI=1S/C22H21BrO5/c1-13-9-20(24)28-19-11-15(6-7-16(13)19)27-21(25)12-26-18-8-5-14(23)10-17(18)22(2,3)4/h5-11H,12H2,1-4H3. The van der Waals surface area contributed by atoms with Gasteiger partial charge in [-0.1, -0.05) is 36.7 Å². The molecular weight excluding hydrogens is 424 g/mol. The van der Waals surface area contributed by atoms with E-state index in [-0.39, 0.29) is 12.0 Å². The smallest absolute Gasteiger partial charge is 0.349 e. The van der Waals surface area contributed by atoms with Crippen molar-refractivity contribution in [2.45, 2.75) is 33.1 Å². The number of aryl methyl sites for hydroxylation is 1. The average molecular weight is 445 g/mol. The van der Waals surface area contributed by atoms with Crippen LogP contribution in [-0.4, -0.2) is 12.6 Å². The molecule has 0 radical (unpaired) electrons. The molecule has 146 valence electrons. The maximum atomic E-state index is 12.2. The predicted octanol–water partition coefficient (Wildman–Crippen LogP) is 5.15. The predicted molar refractivity (Wildman–Crippen MR) is 111 cm³/mol. The minimum Gasteiger partial charge on any atom is -0.482 e. The molecule has 5 nitrogen and oxygen atoms in total. The Kier molecular flexibility index (Phi) is 5.61. The van der Waals surface area contributed by atoms with Crippen LogP contribution in [-0.2, 0) is 10.2 Å². The van der Waals surface area contributed by atoms with E-state index in [9.17, 15) is 9.59 Å². The van der Waals surface area contributed by atoms with Gasteiger partial charge in [-0.25, -0.2) is 9.59 Å². The van der Waals surface area contributed by atoms with Crippen molar-refractivity contribution in [2.24, 2.45) is 0 Å². The second-order valence-corrected chi connectivity index (χ2v) is 8.48. The van der Waals surface area contributed by atoms with E-state index in [0.717, 1.165) is 21.0 Å². The van der Waals surface area contributed by atoms with Crippen molar-refractivity contribution in [3.8, 4) is 11.5 Å². The van der Waals surface area contributed by atoms with Gasteiger partial charge in [0.1, 0.15) is 17.1 Å². The molecule has 2 aromatic carbocycles. The first-order valence-corrected chi connectivity index (χ1v) is 9.61. The molecule has 1 aromatic heterocycles. The zero-order valence-electron chi connectivity index (χ0n) is 16.2. The van der Waals surface area contributed by atoms with Crippen LogP contribution in [0, 0.1) is 6.92 Å². The molecule has 0 saturated carbocycles. The number of ether oxygens (including phenoxy) is 2. The number of rotatable bonds is 4. The normalized spacial score (nSPS) is 11.5. The van der Waals surface area contributed by atoms with Crippen LogP contribution in [0.1, 0.15) is 31.9 Å². The number of carbonyl (C=O) groups is 1. The van der Waals surface area contributed by atoms with Crippen molar-refractivity contribution >= 4 is 32.9 Å². The van der Waals surface area contributed by atoms with Gasteiger partial charge in [0.15, 0.2) is 6.61 Å². The Morgan fingerprint density at radius 2 is 1.86 bits per heavy atom. The third-order valence-electron chi connectivity index (χ3n) is 4.25. The van der Waals surface area contributed by atoms with Crippen molar-refractivity contribution in [2.75, 3.05) is 6.61 Å². The van der Waals surface area contributed by atoms with E-state index < -0.39 is 11.6 Å². The lowest BCUT2D eigenvalue weighted by atomic mass is 9.86. The second-order valence-electron chi connectivity index (χ2n) is 7.56. The third kappa shape index (κ3) is 4.62. The third-order valence-corrected chi connectivity index (χ3v) is 4.74. The minimum absolute atomic E-state index is 0.142. The number of halogens is 1. The molecule has 0 fully saturated rings. The Balaban J connectivity index is 1.73. The molecule has 6 heteroatoms. The summed E-state index contributed by atoms with van der Waals surface area (Å²) in [7, 11) is 0. The summed E-state index contributed by atoms with van der Waals surface area (Å²) < 4.78 is 17.2. The van der Waals surface area contributed by atoms with Crippen LogP contribution < -0.4 is 15.1 Å². The highest BCUT2D eigenvalue weighted by molar-refractivity contribution is 9.10. The summed E-state index contributed by atoms with van der Waals surface area (Å²) in [5.74, 6) is 0.381. The summed E-state index contributed by atoms with van der Waals surface area (Å²) in [4.78, 5) is 23.8. The maximum Gasteiger partial charge on any atom is 0.349 e. The van der Waals surface area contributed by atoms with E-state index in [1.807, 2.05) is 25.1 Å². The molecule has 3 rings (SSSR count). The summed E-state index contributed by atoms with van der Waals surface area (Å²) in [6.07, 6.45) is 0. The molecular formula is C22H21BrO5. The van der Waals surface area contributed by atoms with Crippen molar-refractivity contribution in [3.63, 3.8) is 0 Å². The maximum absolute atomic E-state index is 12.2. The van der Waals surface area contributed by atoms with Gasteiger partial charge in [0.2, 0.25) is 0 Å². The monoisotopic (exact) mass is 444 g/mol. The fourth-order valence-corrected chi connectivity index (χ4v) is 3.24. The van der Waals surface area contributed by atoms with E-state index in [4.69, 9.17) is 13.9 Å². The summed E-state index contributed by atoms with van der Waals surface area (Å²) in [5.41, 5.74) is 1.58. The first-order valence-electron chi connectivity index (χ1n) is 8.81. The number of fused-ring (bicyclic) bond motifs is 1. The molecule has 0 atom stereocenters. The highest BCUT2D eigenvalue weighted by atomic mass is 79.9. The highest BCUT2D eigenvalue weighted by Gasteiger charge is 2.20. The first kappa shape index (κ1) is 20.1. The van der Waals surface area contributed by atoms with Crippen molar-refractivity contribution in [3.05, 3.63) is 68.5 Å². The molecule has 0 unspecified atom stereocenters. The Morgan fingerprint density at radius 3 is 2.57 bits per heavy atom. The average Bonchev–Trinajstić information content (AvgIpc) is 2.59. The van der Waals surface area contributed by atoms with Crippen molar-refractivity contribution < 1.29 is 18.7 Å². The fourth-order valence-electron chi connectivity index (χ4n) is 2.88. The summed E-state index contributed by atoms with van der Waals surface area (Å²) >= 11 is 3.46. The van der Waals surface area contributed by atoms with E-state index in [1.165, 1.54) is 12.1 Å². The van der Waals surface area contributed by atoms with Crippen LogP contribution in [0.2, 0.25) is 0 Å². The second kappa shape index (κ2) is 7.80. The minimum atomic E-state index is -0.544. The van der Waals surface area contributed by atoms with E-state index in [2.05, 4.69) is 36.7 Å². The lowest BCUT2D eigenvalue weighted by Gasteiger charge is -2.23. The van der Waals surface area contributed by atoms with Crippen LogP contribution in [0.5, 0.6) is 11.5 Å². The van der Waals surface area contributed by atoms with E-state index in [0.29, 0.717) is 17.1 Å². The first-order chi connectivity index (χ1) is 13.1. The van der Waals surface area contributed by atoms with E-state index in [1.54, 1.807) is 12.1 Å². The largest absolute Gasteiger partial charge is 0.482 e. The lowest BCUT2D eigenvalue weighted by Crippen LogP contribution is -2.20. The molecule has 0 aliphatic rings. The zero-order chi connectivity index (χ0) is 20.5. The fraction of sp³-hybridized carbons (Fsp3) is 0.273. The number of esters is 1. The van der Waals surface area contributed by atoms with Gasteiger partial charge in [-0.05, 0) is 48.2 Å². The Labute approximate surface area is 171 Å². The number of benzene rings is 2. The van der Waals surface area contributed by atoms with Crippen LogP contribution in [0.25, 0.3) is 11.0 Å². The SMILES string of the molecule is Cc1cc(=O)oc2cc(OC(=O)COc3ccc(Br)cc3C(C)(C)C)ccc12. The number of hydrogen-bond acceptors (Lipinski definition) is 5. The molecule has 0 bridgehead atoms. The van der Waals surface area contributed by atoms with Gasteiger partial charge in [0.05, 0.1) is 0 Å². The van der Waals surface area contributed by atoms with Gasteiger partial charge < -0.3 is 13.9 Å². The summed E-state index contributed by atoms with van der Waals surface area (Å²) in [6.45, 7) is 7.81. The molecule has 0 aliphatic carbocycles. The van der Waals surface area contributed by atoms with Crippen LogP contribution in [0.3, 0.4) is 0 Å². The molecule has 0 aliphatic heterocycles. The van der Waals surface area contributed by atoms with Crippen molar-refractivity contribution in [1.29, 1.82) is 0 Å². The molecule has 0 amide bonds. The van der Waals surface area contributed by atoms with Gasteiger partial charge >= 0.3 is 11.6 Å². The molecule has 0 N–H and O–H groups in total. The number of hydrogen-bond donors (Lipinski definition) is 0. The summed E-state index contributed by atoms with van der Waals surface area (Å²) in [6, 6.07) is 12.0. The molecule has 0 saturated heterocycles. The van der Waals surface area contributed by atoms with Crippen LogP contribution in [0.4, 0.5) is 0 Å². The Bertz CT molecular complexity index is 1090. The Morgan fingerprint density at radius 1 is 1.11 bits per heavy atom. The highest BCUT2D eigenvalue weighted by Crippen LogP contribution is 2.33. The Hall–Kier alpha value is -2.60. The van der Waals surface area contributed by atoms with Gasteiger partial charge in [-0.15, -0.1) is 0 Å². The molecule has 28 heavy (non-hydrogen) atoms. The van der Waals surface area contributed by atoms with Gasteiger partial charge in [-0.2, -0.15) is 0 Å². The van der Waals surface area contributed by atoms with Gasteiger partial charge in [-0.3, -0.25) is 0 Å².